The molecule has 1 rings (SSSR count). The number of anilines is 1. The molecule has 0 bridgehead atoms. The minimum atomic E-state index is -1.27. The summed E-state index contributed by atoms with van der Waals surface area (Å²) in [4.78, 5) is 34.6. The van der Waals surface area contributed by atoms with Crippen LogP contribution in [0, 0.1) is 17.8 Å². The minimum Gasteiger partial charge on any atom is -0.480 e. The molecular weight excluding hydrogens is 350 g/mol. The maximum absolute atomic E-state index is 12.0. The molecule has 1 unspecified atom stereocenters. The van der Waals surface area contributed by atoms with Crippen LogP contribution in [0.15, 0.2) is 18.2 Å². The lowest BCUT2D eigenvalue weighted by Crippen LogP contribution is -2.45. The first-order chi connectivity index (χ1) is 11.7. The highest BCUT2D eigenvalue weighted by Crippen LogP contribution is 2.22. The molecular formula is C15H16ClN5O4. The highest BCUT2D eigenvalue weighted by molar-refractivity contribution is 6.33. The first-order valence-electron chi connectivity index (χ1n) is 6.89. The molecule has 1 aromatic carbocycles. The van der Waals surface area contributed by atoms with Gasteiger partial charge in [-0.2, -0.15) is 0 Å². The average Bonchev–Trinajstić information content (AvgIpc) is 2.53. The second kappa shape index (κ2) is 9.14. The molecule has 132 valence electrons. The van der Waals surface area contributed by atoms with Gasteiger partial charge in [-0.3, -0.25) is 15.0 Å². The number of benzene rings is 1. The predicted molar refractivity (Wildman–Crippen MR) is 92.3 cm³/mol. The van der Waals surface area contributed by atoms with Crippen molar-refractivity contribution in [2.45, 2.75) is 12.5 Å². The lowest BCUT2D eigenvalue weighted by atomic mass is 10.2. The third-order valence-corrected chi connectivity index (χ3v) is 3.19. The Balaban J connectivity index is 2.67. The Hall–Kier alpha value is -3.25. The lowest BCUT2D eigenvalue weighted by molar-refractivity contribution is -0.141. The molecule has 0 aliphatic carbocycles. The maximum atomic E-state index is 12.0. The molecule has 0 heterocycles. The number of terminal acetylenes is 1. The van der Waals surface area contributed by atoms with E-state index in [1.807, 2.05) is 0 Å². The number of carboxylic acids is 1. The summed E-state index contributed by atoms with van der Waals surface area (Å²) in [6.45, 7) is -0.439. The Morgan fingerprint density at radius 2 is 2.08 bits per heavy atom. The summed E-state index contributed by atoms with van der Waals surface area (Å²) in [5, 5.41) is 23.3. The Kier molecular flexibility index (Phi) is 7.24. The summed E-state index contributed by atoms with van der Waals surface area (Å²) in [6, 6.07) is 2.97. The van der Waals surface area contributed by atoms with Crippen LogP contribution in [0.5, 0.6) is 0 Å². The van der Waals surface area contributed by atoms with Gasteiger partial charge in [-0.25, -0.2) is 4.79 Å². The number of rotatable bonds is 7. The van der Waals surface area contributed by atoms with Crippen LogP contribution < -0.4 is 21.7 Å². The van der Waals surface area contributed by atoms with E-state index in [0.29, 0.717) is 0 Å². The van der Waals surface area contributed by atoms with Crippen molar-refractivity contribution in [3.8, 4) is 12.3 Å². The van der Waals surface area contributed by atoms with Gasteiger partial charge in [-0.05, 0) is 18.2 Å². The zero-order chi connectivity index (χ0) is 19.0. The van der Waals surface area contributed by atoms with Gasteiger partial charge in [0.1, 0.15) is 6.04 Å². The smallest absolute Gasteiger partial charge is 0.327 e. The fraction of sp³-hybridized carbons (Fsp3) is 0.200. The van der Waals surface area contributed by atoms with Gasteiger partial charge < -0.3 is 26.8 Å². The molecule has 0 saturated carbocycles. The van der Waals surface area contributed by atoms with Crippen molar-refractivity contribution in [2.75, 3.05) is 11.9 Å². The van der Waals surface area contributed by atoms with Gasteiger partial charge in [0, 0.05) is 12.0 Å². The molecule has 0 saturated heterocycles. The second-order valence-corrected chi connectivity index (χ2v) is 5.19. The molecule has 25 heavy (non-hydrogen) atoms. The third-order valence-electron chi connectivity index (χ3n) is 2.86. The molecule has 0 radical (unpaired) electrons. The normalized spacial score (nSPS) is 10.9. The monoisotopic (exact) mass is 365 g/mol. The van der Waals surface area contributed by atoms with E-state index in [2.05, 4.69) is 21.9 Å². The van der Waals surface area contributed by atoms with Crippen LogP contribution in [-0.4, -0.2) is 41.4 Å². The summed E-state index contributed by atoms with van der Waals surface area (Å²) in [5.41, 5.74) is 5.63. The summed E-state index contributed by atoms with van der Waals surface area (Å²) < 4.78 is 0. The Labute approximate surface area is 148 Å². The van der Waals surface area contributed by atoms with E-state index in [0.717, 1.165) is 0 Å². The summed E-state index contributed by atoms with van der Waals surface area (Å²) in [7, 11) is 0. The van der Waals surface area contributed by atoms with Crippen molar-refractivity contribution >= 4 is 41.0 Å². The molecule has 1 atom stereocenters. The van der Waals surface area contributed by atoms with E-state index in [-0.39, 0.29) is 28.7 Å². The van der Waals surface area contributed by atoms with Gasteiger partial charge in [0.25, 0.3) is 5.91 Å². The van der Waals surface area contributed by atoms with Crippen LogP contribution in [0.4, 0.5) is 5.69 Å². The summed E-state index contributed by atoms with van der Waals surface area (Å²) in [6.07, 6.45) is 4.85. The summed E-state index contributed by atoms with van der Waals surface area (Å²) >= 11 is 5.91. The highest BCUT2D eigenvalue weighted by Gasteiger charge is 2.19. The number of aliphatic carboxylic acids is 1. The fourth-order valence-electron chi connectivity index (χ4n) is 1.73. The number of carbonyl (C=O) groups is 3. The Bertz CT molecular complexity index is 744. The van der Waals surface area contributed by atoms with Crippen molar-refractivity contribution in [1.82, 2.24) is 10.6 Å². The minimum absolute atomic E-state index is 0.166. The number of carbonyl (C=O) groups excluding carboxylic acids is 2. The molecule has 0 aliphatic heterocycles. The standard InChI is InChI=1S/C15H16ClN5O4/c1-2-3-10(14(24)25)20-12(22)7-19-13(23)8-4-5-9(16)11(6-8)21-15(17)18/h1,4-6,10H,3,7H2,(H,19,23)(H,20,22)(H,24,25)(H4,17,18,21). The maximum Gasteiger partial charge on any atom is 0.327 e. The first kappa shape index (κ1) is 19.8. The third kappa shape index (κ3) is 6.40. The molecule has 7 N–H and O–H groups in total. The quantitative estimate of drug-likeness (QED) is 0.226. The van der Waals surface area contributed by atoms with E-state index in [1.54, 1.807) is 0 Å². The van der Waals surface area contributed by atoms with Crippen LogP contribution in [-0.2, 0) is 9.59 Å². The number of carboxylic acid groups (broad SMARTS) is 1. The van der Waals surface area contributed by atoms with Crippen LogP contribution in [0.25, 0.3) is 0 Å². The van der Waals surface area contributed by atoms with Crippen molar-refractivity contribution in [3.63, 3.8) is 0 Å². The number of hydrogen-bond acceptors (Lipinski definition) is 4. The molecule has 1 aromatic rings. The van der Waals surface area contributed by atoms with Crippen molar-refractivity contribution in [1.29, 1.82) is 5.41 Å². The topological polar surface area (TPSA) is 157 Å². The molecule has 0 spiro atoms. The van der Waals surface area contributed by atoms with Crippen LogP contribution in [0.2, 0.25) is 5.02 Å². The molecule has 0 aliphatic rings. The Morgan fingerprint density at radius 3 is 2.64 bits per heavy atom. The van der Waals surface area contributed by atoms with Gasteiger partial charge in [-0.15, -0.1) is 12.3 Å². The van der Waals surface area contributed by atoms with Gasteiger partial charge in [0.15, 0.2) is 5.96 Å². The van der Waals surface area contributed by atoms with Crippen LogP contribution in [0.3, 0.4) is 0 Å². The van der Waals surface area contributed by atoms with Gasteiger partial charge in [-0.1, -0.05) is 11.6 Å². The number of nitrogens with one attached hydrogen (secondary N) is 4. The molecule has 2 amide bonds. The largest absolute Gasteiger partial charge is 0.480 e. The van der Waals surface area contributed by atoms with Gasteiger partial charge >= 0.3 is 5.97 Å². The van der Waals surface area contributed by atoms with E-state index in [4.69, 9.17) is 34.3 Å². The van der Waals surface area contributed by atoms with Gasteiger partial charge in [0.05, 0.1) is 17.3 Å². The highest BCUT2D eigenvalue weighted by atomic mass is 35.5. The Morgan fingerprint density at radius 1 is 1.40 bits per heavy atom. The van der Waals surface area contributed by atoms with Crippen molar-refractivity contribution < 1.29 is 19.5 Å². The SMILES string of the molecule is C#CCC(NC(=O)CNC(=O)c1ccc(Cl)c(NC(=N)N)c1)C(=O)O. The van der Waals surface area contributed by atoms with Gasteiger partial charge in [0.2, 0.25) is 5.91 Å². The zero-order valence-electron chi connectivity index (χ0n) is 12.9. The fourth-order valence-corrected chi connectivity index (χ4v) is 1.90. The number of hydrogen-bond donors (Lipinski definition) is 6. The average molecular weight is 366 g/mol. The number of amides is 2. The molecule has 0 fully saturated rings. The van der Waals surface area contributed by atoms with E-state index >= 15 is 0 Å². The predicted octanol–water partition coefficient (Wildman–Crippen LogP) is -0.0321. The number of halogens is 1. The van der Waals surface area contributed by atoms with Crippen molar-refractivity contribution in [3.05, 3.63) is 28.8 Å². The number of nitrogens with two attached hydrogens (primary N) is 1. The zero-order valence-corrected chi connectivity index (χ0v) is 13.7. The van der Waals surface area contributed by atoms with Crippen LogP contribution >= 0.6 is 11.6 Å². The first-order valence-corrected chi connectivity index (χ1v) is 7.26. The summed E-state index contributed by atoms with van der Waals surface area (Å²) in [5.74, 6) is -0.777. The molecule has 0 aromatic heterocycles. The molecule has 10 heteroatoms. The molecule has 9 nitrogen and oxygen atoms in total. The van der Waals surface area contributed by atoms with Crippen molar-refractivity contribution in [2.24, 2.45) is 5.73 Å². The van der Waals surface area contributed by atoms with Crippen LogP contribution in [0.1, 0.15) is 16.8 Å². The lowest BCUT2D eigenvalue weighted by Gasteiger charge is -2.13. The van der Waals surface area contributed by atoms with E-state index < -0.39 is 30.4 Å². The van der Waals surface area contributed by atoms with E-state index in [1.165, 1.54) is 18.2 Å². The number of guanidine groups is 1. The van der Waals surface area contributed by atoms with E-state index in [9.17, 15) is 14.4 Å². The second-order valence-electron chi connectivity index (χ2n) is 4.78.